The van der Waals surface area contributed by atoms with Gasteiger partial charge in [-0.3, -0.25) is 0 Å². The minimum Gasteiger partial charge on any atom is -0.489 e. The zero-order valence-electron chi connectivity index (χ0n) is 13.6. The Morgan fingerprint density at radius 3 is 2.52 bits per heavy atom. The Balaban J connectivity index is 2.04. The quantitative estimate of drug-likeness (QED) is 0.650. The highest BCUT2D eigenvalue weighted by Gasteiger charge is 2.11. The number of rotatable bonds is 4. The van der Waals surface area contributed by atoms with Crippen LogP contribution in [0.3, 0.4) is 0 Å². The van der Waals surface area contributed by atoms with Crippen LogP contribution in [0.2, 0.25) is 0 Å². The van der Waals surface area contributed by atoms with Gasteiger partial charge in [0.2, 0.25) is 0 Å². The summed E-state index contributed by atoms with van der Waals surface area (Å²) in [6.07, 6.45) is 0. The summed E-state index contributed by atoms with van der Waals surface area (Å²) in [5.41, 5.74) is 3.51. The van der Waals surface area contributed by atoms with Crippen LogP contribution in [0.25, 0.3) is 11.0 Å². The topological polar surface area (TPSA) is 39.4 Å². The predicted octanol–water partition coefficient (Wildman–Crippen LogP) is 4.80. The summed E-state index contributed by atoms with van der Waals surface area (Å²) < 4.78 is 11.2. The molecule has 0 bridgehead atoms. The normalized spacial score (nSPS) is 11.1. The molecule has 0 amide bonds. The van der Waals surface area contributed by atoms with Gasteiger partial charge in [0.1, 0.15) is 17.9 Å². The first-order valence-corrected chi connectivity index (χ1v) is 7.79. The lowest BCUT2D eigenvalue weighted by Gasteiger charge is -2.13. The fourth-order valence-corrected chi connectivity index (χ4v) is 2.81. The predicted molar refractivity (Wildman–Crippen MR) is 92.1 cm³/mol. The average Bonchev–Trinajstić information content (AvgIpc) is 2.52. The van der Waals surface area contributed by atoms with Crippen molar-refractivity contribution >= 4 is 11.0 Å². The first kappa shape index (κ1) is 15.3. The number of aryl methyl sites for hydroxylation is 1. The Kier molecular flexibility index (Phi) is 4.20. The van der Waals surface area contributed by atoms with E-state index in [0.29, 0.717) is 18.1 Å². The number of para-hydroxylation sites is 1. The van der Waals surface area contributed by atoms with Crippen LogP contribution in [0.5, 0.6) is 5.75 Å². The Labute approximate surface area is 135 Å². The van der Waals surface area contributed by atoms with Crippen molar-refractivity contribution in [3.63, 3.8) is 0 Å². The standard InChI is InChI=1S/C20H20O3/c1-13(2)17-11-18-15(12-22-16-7-5-4-6-8-16)10-20(21)23-19(18)9-14(17)3/h4-11,13H,12H2,1-3H3. The molecule has 0 atom stereocenters. The maximum atomic E-state index is 11.8. The van der Waals surface area contributed by atoms with Gasteiger partial charge in [-0.2, -0.15) is 0 Å². The molecule has 0 fully saturated rings. The summed E-state index contributed by atoms with van der Waals surface area (Å²) in [7, 11) is 0. The second-order valence-electron chi connectivity index (χ2n) is 6.05. The van der Waals surface area contributed by atoms with Crippen LogP contribution < -0.4 is 10.4 Å². The largest absolute Gasteiger partial charge is 0.489 e. The summed E-state index contributed by atoms with van der Waals surface area (Å²) in [4.78, 5) is 11.8. The van der Waals surface area contributed by atoms with E-state index in [2.05, 4.69) is 19.9 Å². The number of benzene rings is 2. The average molecular weight is 308 g/mol. The van der Waals surface area contributed by atoms with E-state index in [4.69, 9.17) is 9.15 Å². The van der Waals surface area contributed by atoms with Gasteiger partial charge in [-0.25, -0.2) is 4.79 Å². The molecule has 3 rings (SSSR count). The van der Waals surface area contributed by atoms with Crippen molar-refractivity contribution in [3.8, 4) is 5.75 Å². The molecule has 3 aromatic rings. The highest BCUT2D eigenvalue weighted by atomic mass is 16.5. The molecule has 0 saturated heterocycles. The van der Waals surface area contributed by atoms with E-state index in [-0.39, 0.29) is 5.63 Å². The summed E-state index contributed by atoms with van der Waals surface area (Å²) in [6, 6.07) is 15.2. The zero-order valence-corrected chi connectivity index (χ0v) is 13.6. The van der Waals surface area contributed by atoms with Crippen LogP contribution in [0.4, 0.5) is 0 Å². The number of ether oxygens (including phenoxy) is 1. The molecule has 0 saturated carbocycles. The van der Waals surface area contributed by atoms with Crippen molar-refractivity contribution in [2.75, 3.05) is 0 Å². The van der Waals surface area contributed by atoms with Crippen molar-refractivity contribution in [3.05, 3.63) is 75.6 Å². The van der Waals surface area contributed by atoms with Crippen LogP contribution >= 0.6 is 0 Å². The van der Waals surface area contributed by atoms with Crippen molar-refractivity contribution in [1.82, 2.24) is 0 Å². The summed E-state index contributed by atoms with van der Waals surface area (Å²) >= 11 is 0. The van der Waals surface area contributed by atoms with Gasteiger partial charge >= 0.3 is 5.63 Å². The molecule has 0 radical (unpaired) electrons. The van der Waals surface area contributed by atoms with Crippen LogP contribution in [0.15, 0.2) is 57.7 Å². The van der Waals surface area contributed by atoms with Crippen LogP contribution in [0, 0.1) is 6.92 Å². The molecule has 2 aromatic carbocycles. The lowest BCUT2D eigenvalue weighted by Crippen LogP contribution is -2.05. The van der Waals surface area contributed by atoms with E-state index in [9.17, 15) is 4.79 Å². The monoisotopic (exact) mass is 308 g/mol. The highest BCUT2D eigenvalue weighted by molar-refractivity contribution is 5.82. The first-order valence-electron chi connectivity index (χ1n) is 7.79. The fraction of sp³-hybridized carbons (Fsp3) is 0.250. The molecule has 3 nitrogen and oxygen atoms in total. The minimum absolute atomic E-state index is 0.340. The van der Waals surface area contributed by atoms with Crippen molar-refractivity contribution < 1.29 is 9.15 Å². The van der Waals surface area contributed by atoms with E-state index in [0.717, 1.165) is 22.3 Å². The SMILES string of the molecule is Cc1cc2oc(=O)cc(COc3ccccc3)c2cc1C(C)C. The number of fused-ring (bicyclic) bond motifs is 1. The van der Waals surface area contributed by atoms with Gasteiger partial charge in [-0.05, 0) is 48.2 Å². The Hall–Kier alpha value is -2.55. The highest BCUT2D eigenvalue weighted by Crippen LogP contribution is 2.27. The molecule has 118 valence electrons. The van der Waals surface area contributed by atoms with Gasteiger partial charge in [0, 0.05) is 17.0 Å². The van der Waals surface area contributed by atoms with Gasteiger partial charge in [0.15, 0.2) is 0 Å². The Morgan fingerprint density at radius 1 is 1.09 bits per heavy atom. The molecule has 0 unspecified atom stereocenters. The van der Waals surface area contributed by atoms with Gasteiger partial charge < -0.3 is 9.15 Å². The lowest BCUT2D eigenvalue weighted by atomic mass is 9.95. The second kappa shape index (κ2) is 6.29. The van der Waals surface area contributed by atoms with Crippen molar-refractivity contribution in [2.45, 2.75) is 33.3 Å². The smallest absolute Gasteiger partial charge is 0.336 e. The van der Waals surface area contributed by atoms with Crippen LogP contribution in [-0.2, 0) is 6.61 Å². The van der Waals surface area contributed by atoms with E-state index in [1.807, 2.05) is 43.3 Å². The van der Waals surface area contributed by atoms with Crippen molar-refractivity contribution in [2.24, 2.45) is 0 Å². The second-order valence-corrected chi connectivity index (χ2v) is 6.05. The number of hydrogen-bond donors (Lipinski definition) is 0. The lowest BCUT2D eigenvalue weighted by molar-refractivity contribution is 0.306. The maximum Gasteiger partial charge on any atom is 0.336 e. The minimum atomic E-state index is -0.346. The van der Waals surface area contributed by atoms with E-state index < -0.39 is 0 Å². The van der Waals surface area contributed by atoms with Crippen molar-refractivity contribution in [1.29, 1.82) is 0 Å². The summed E-state index contributed by atoms with van der Waals surface area (Å²) in [6.45, 7) is 6.70. The molecule has 3 heteroatoms. The summed E-state index contributed by atoms with van der Waals surface area (Å²) in [5.74, 6) is 1.19. The molecule has 0 spiro atoms. The molecular formula is C20H20O3. The third-order valence-electron chi connectivity index (χ3n) is 3.98. The van der Waals surface area contributed by atoms with Crippen LogP contribution in [0.1, 0.15) is 36.5 Å². The molecular weight excluding hydrogens is 288 g/mol. The molecule has 0 N–H and O–H groups in total. The Morgan fingerprint density at radius 2 is 1.83 bits per heavy atom. The summed E-state index contributed by atoms with van der Waals surface area (Å²) in [5, 5.41) is 0.940. The number of hydrogen-bond acceptors (Lipinski definition) is 3. The van der Waals surface area contributed by atoms with E-state index in [1.54, 1.807) is 0 Å². The third-order valence-corrected chi connectivity index (χ3v) is 3.98. The first-order chi connectivity index (χ1) is 11.0. The van der Waals surface area contributed by atoms with Crippen LogP contribution in [-0.4, -0.2) is 0 Å². The van der Waals surface area contributed by atoms with Gasteiger partial charge in [-0.1, -0.05) is 32.0 Å². The molecule has 1 aromatic heterocycles. The van der Waals surface area contributed by atoms with Gasteiger partial charge in [0.05, 0.1) is 0 Å². The third kappa shape index (κ3) is 3.29. The van der Waals surface area contributed by atoms with E-state index in [1.165, 1.54) is 11.6 Å². The molecule has 0 aliphatic carbocycles. The maximum absolute atomic E-state index is 11.8. The molecule has 0 aliphatic heterocycles. The van der Waals surface area contributed by atoms with E-state index >= 15 is 0 Å². The van der Waals surface area contributed by atoms with Gasteiger partial charge in [0.25, 0.3) is 0 Å². The fourth-order valence-electron chi connectivity index (χ4n) is 2.81. The Bertz CT molecular complexity index is 877. The zero-order chi connectivity index (χ0) is 16.4. The molecule has 0 aliphatic rings. The molecule has 1 heterocycles. The van der Waals surface area contributed by atoms with Gasteiger partial charge in [-0.15, -0.1) is 0 Å². The molecule has 23 heavy (non-hydrogen) atoms.